The van der Waals surface area contributed by atoms with Crippen LogP contribution >= 0.6 is 0 Å². The SMILES string of the molecule is CCN1C(=O)C2C(=Nc3n(-c4ccc(OC)cc4OC)c(C)c[n+]32)N(C)C1=O. The van der Waals surface area contributed by atoms with Crippen LogP contribution in [0.15, 0.2) is 29.4 Å². The Morgan fingerprint density at radius 2 is 1.96 bits per heavy atom. The molecule has 1 saturated heterocycles. The number of urea groups is 1. The van der Waals surface area contributed by atoms with Crippen molar-refractivity contribution in [2.45, 2.75) is 19.9 Å². The Kier molecular flexibility index (Phi) is 4.10. The topological polar surface area (TPSA) is 80.2 Å². The number of rotatable bonds is 4. The van der Waals surface area contributed by atoms with Gasteiger partial charge in [0.15, 0.2) is 5.75 Å². The van der Waals surface area contributed by atoms with Crippen LogP contribution in [0.2, 0.25) is 0 Å². The number of imidazole rings is 1. The van der Waals surface area contributed by atoms with Crippen molar-refractivity contribution in [2.24, 2.45) is 4.99 Å². The molecule has 0 N–H and O–H groups in total. The maximum Gasteiger partial charge on any atom is 0.407 e. The highest BCUT2D eigenvalue weighted by molar-refractivity contribution is 6.19. The fourth-order valence-corrected chi connectivity index (χ4v) is 3.74. The number of aromatic nitrogens is 2. The largest absolute Gasteiger partial charge is 0.497 e. The highest BCUT2D eigenvalue weighted by atomic mass is 16.5. The fourth-order valence-electron chi connectivity index (χ4n) is 3.74. The number of nitrogens with zero attached hydrogens (tertiary/aromatic N) is 5. The number of ether oxygens (including phenoxy) is 2. The van der Waals surface area contributed by atoms with Gasteiger partial charge < -0.3 is 9.47 Å². The molecule has 0 aliphatic carbocycles. The van der Waals surface area contributed by atoms with Gasteiger partial charge >= 0.3 is 12.0 Å². The Morgan fingerprint density at radius 3 is 2.61 bits per heavy atom. The van der Waals surface area contributed by atoms with Gasteiger partial charge in [0.05, 0.1) is 14.2 Å². The number of imide groups is 1. The highest BCUT2D eigenvalue weighted by Gasteiger charge is 2.53. The summed E-state index contributed by atoms with van der Waals surface area (Å²) in [5, 5.41) is 0. The predicted octanol–water partition coefficient (Wildman–Crippen LogP) is 1.59. The Balaban J connectivity index is 1.90. The van der Waals surface area contributed by atoms with E-state index in [-0.39, 0.29) is 11.9 Å². The van der Waals surface area contributed by atoms with Crippen LogP contribution in [0.4, 0.5) is 10.7 Å². The van der Waals surface area contributed by atoms with E-state index in [0.717, 1.165) is 11.4 Å². The van der Waals surface area contributed by atoms with Gasteiger partial charge in [0.2, 0.25) is 11.9 Å². The number of aliphatic imine (C=N–C) groups is 1. The number of aryl methyl sites for hydroxylation is 1. The van der Waals surface area contributed by atoms with E-state index in [2.05, 4.69) is 4.99 Å². The normalized spacial score (nSPS) is 18.2. The molecule has 0 spiro atoms. The van der Waals surface area contributed by atoms with Crippen LogP contribution < -0.4 is 14.0 Å². The molecule has 0 saturated carbocycles. The Bertz CT molecular complexity index is 1030. The van der Waals surface area contributed by atoms with Crippen molar-refractivity contribution in [2.75, 3.05) is 27.8 Å². The molecule has 4 rings (SSSR count). The lowest BCUT2D eigenvalue weighted by Gasteiger charge is -2.32. The molecule has 1 atom stereocenters. The van der Waals surface area contributed by atoms with E-state index in [9.17, 15) is 9.59 Å². The second-order valence-corrected chi connectivity index (χ2v) is 6.65. The van der Waals surface area contributed by atoms with Crippen LogP contribution in [0.25, 0.3) is 5.69 Å². The smallest absolute Gasteiger partial charge is 0.407 e. The highest BCUT2D eigenvalue weighted by Crippen LogP contribution is 2.35. The average Bonchev–Trinajstić information content (AvgIpc) is 3.21. The monoisotopic (exact) mass is 384 g/mol. The molecule has 1 aromatic heterocycles. The average molecular weight is 384 g/mol. The summed E-state index contributed by atoms with van der Waals surface area (Å²) in [6, 6.07) is 4.49. The van der Waals surface area contributed by atoms with E-state index in [1.54, 1.807) is 34.3 Å². The number of fused-ring (bicyclic) bond motifs is 3. The fraction of sp³-hybridized carbons (Fsp3) is 0.368. The second-order valence-electron chi connectivity index (χ2n) is 6.65. The van der Waals surface area contributed by atoms with Gasteiger partial charge in [0.25, 0.3) is 5.91 Å². The minimum Gasteiger partial charge on any atom is -0.497 e. The van der Waals surface area contributed by atoms with Gasteiger partial charge in [-0.2, -0.15) is 4.57 Å². The van der Waals surface area contributed by atoms with Gasteiger partial charge in [-0.15, -0.1) is 0 Å². The van der Waals surface area contributed by atoms with Gasteiger partial charge in [0.1, 0.15) is 23.3 Å². The molecular formula is C19H22N5O4+. The summed E-state index contributed by atoms with van der Waals surface area (Å²) < 4.78 is 14.5. The molecule has 9 heteroatoms. The molecule has 1 unspecified atom stereocenters. The van der Waals surface area contributed by atoms with Crippen LogP contribution in [0.3, 0.4) is 0 Å². The first-order chi connectivity index (χ1) is 13.4. The van der Waals surface area contributed by atoms with E-state index in [1.165, 1.54) is 9.80 Å². The van der Waals surface area contributed by atoms with Crippen molar-refractivity contribution >= 4 is 23.7 Å². The van der Waals surface area contributed by atoms with E-state index >= 15 is 0 Å². The van der Waals surface area contributed by atoms with Gasteiger partial charge in [-0.3, -0.25) is 14.6 Å². The van der Waals surface area contributed by atoms with Crippen molar-refractivity contribution in [1.82, 2.24) is 14.4 Å². The number of amides is 3. The van der Waals surface area contributed by atoms with Crippen LogP contribution in [-0.2, 0) is 4.79 Å². The number of likely N-dealkylation sites (N-methyl/N-ethyl adjacent to an activating group) is 2. The summed E-state index contributed by atoms with van der Waals surface area (Å²) in [7, 11) is 4.82. The Labute approximate surface area is 162 Å². The minimum atomic E-state index is -0.651. The lowest BCUT2D eigenvalue weighted by atomic mass is 10.1. The quantitative estimate of drug-likeness (QED) is 0.750. The second kappa shape index (κ2) is 6.36. The molecule has 3 amide bonds. The zero-order chi connectivity index (χ0) is 20.2. The molecule has 0 bridgehead atoms. The molecule has 1 fully saturated rings. The number of carbonyl (C=O) groups is 2. The third-order valence-corrected chi connectivity index (χ3v) is 5.15. The lowest BCUT2D eigenvalue weighted by Crippen LogP contribution is -2.62. The van der Waals surface area contributed by atoms with E-state index < -0.39 is 6.04 Å². The standard InChI is InChI=1S/C19H22N5O4/c1-6-22-17(25)15-16(21(3)19(22)26)20-18-23(15)10-11(2)24(18)13-8-7-12(27-4)9-14(13)28-5/h7-10,15H,6H2,1-5H3/q+1. The third kappa shape index (κ3) is 2.32. The zero-order valence-corrected chi connectivity index (χ0v) is 16.5. The van der Waals surface area contributed by atoms with Gasteiger partial charge in [0, 0.05) is 19.7 Å². The molecule has 2 aliphatic heterocycles. The van der Waals surface area contributed by atoms with Crippen LogP contribution in [-0.4, -0.2) is 60.0 Å². The molecule has 9 nitrogen and oxygen atoms in total. The molecule has 2 aliphatic rings. The molecular weight excluding hydrogens is 362 g/mol. The van der Waals surface area contributed by atoms with Crippen molar-refractivity contribution in [1.29, 1.82) is 0 Å². The number of methoxy groups -OCH3 is 2. The summed E-state index contributed by atoms with van der Waals surface area (Å²) in [4.78, 5) is 32.8. The number of carbonyl (C=O) groups excluding carboxylic acids is 2. The number of amidine groups is 1. The maximum atomic E-state index is 12.9. The van der Waals surface area contributed by atoms with E-state index in [1.807, 2.05) is 34.4 Å². The van der Waals surface area contributed by atoms with Gasteiger partial charge in [-0.25, -0.2) is 9.36 Å². The first-order valence-corrected chi connectivity index (χ1v) is 8.96. The molecule has 1 aromatic carbocycles. The minimum absolute atomic E-state index is 0.271. The summed E-state index contributed by atoms with van der Waals surface area (Å²) in [6.45, 7) is 4.03. The summed E-state index contributed by atoms with van der Waals surface area (Å²) in [5.41, 5.74) is 1.66. The van der Waals surface area contributed by atoms with Crippen molar-refractivity contribution in [3.8, 4) is 17.2 Å². The van der Waals surface area contributed by atoms with Crippen molar-refractivity contribution in [3.63, 3.8) is 0 Å². The summed E-state index contributed by atoms with van der Waals surface area (Å²) in [5.74, 6) is 2.01. The Hall–Kier alpha value is -3.36. The van der Waals surface area contributed by atoms with Crippen LogP contribution in [0, 0.1) is 6.92 Å². The Morgan fingerprint density at radius 1 is 1.21 bits per heavy atom. The number of hydrogen-bond acceptors (Lipinski definition) is 5. The maximum absolute atomic E-state index is 12.9. The molecule has 2 aromatic rings. The first-order valence-electron chi connectivity index (χ1n) is 8.96. The van der Waals surface area contributed by atoms with Gasteiger partial charge in [-0.05, 0) is 26.0 Å². The third-order valence-electron chi connectivity index (χ3n) is 5.15. The summed E-state index contributed by atoms with van der Waals surface area (Å²) >= 11 is 0. The molecule has 146 valence electrons. The van der Waals surface area contributed by atoms with E-state index in [4.69, 9.17) is 9.47 Å². The zero-order valence-electron chi connectivity index (χ0n) is 16.5. The van der Waals surface area contributed by atoms with Gasteiger partial charge in [-0.1, -0.05) is 4.99 Å². The molecule has 0 radical (unpaired) electrons. The van der Waals surface area contributed by atoms with Crippen molar-refractivity contribution < 1.29 is 23.6 Å². The van der Waals surface area contributed by atoms with Crippen LogP contribution in [0.1, 0.15) is 18.7 Å². The van der Waals surface area contributed by atoms with Crippen molar-refractivity contribution in [3.05, 3.63) is 30.1 Å². The van der Waals surface area contributed by atoms with E-state index in [0.29, 0.717) is 29.8 Å². The molecule has 28 heavy (non-hydrogen) atoms. The number of benzene rings is 1. The predicted molar refractivity (Wildman–Crippen MR) is 100 cm³/mol. The number of hydrogen-bond donors (Lipinski definition) is 0. The van der Waals surface area contributed by atoms with Crippen LogP contribution in [0.5, 0.6) is 11.5 Å². The molecule has 3 heterocycles. The summed E-state index contributed by atoms with van der Waals surface area (Å²) in [6.07, 6.45) is 1.87. The lowest BCUT2D eigenvalue weighted by molar-refractivity contribution is -0.676. The first kappa shape index (κ1) is 18.0.